The van der Waals surface area contributed by atoms with E-state index in [0.717, 1.165) is 30.5 Å². The molecule has 0 radical (unpaired) electrons. The first-order chi connectivity index (χ1) is 11.5. The van der Waals surface area contributed by atoms with E-state index in [-0.39, 0.29) is 23.7 Å². The van der Waals surface area contributed by atoms with Crippen LogP contribution in [0.15, 0.2) is 48.5 Å². The Kier molecular flexibility index (Phi) is 4.98. The van der Waals surface area contributed by atoms with Gasteiger partial charge >= 0.3 is 0 Å². The zero-order chi connectivity index (χ0) is 17.1. The number of benzene rings is 2. The average Bonchev–Trinajstić information content (AvgIpc) is 2.58. The predicted octanol–water partition coefficient (Wildman–Crippen LogP) is 5.29. The maximum absolute atomic E-state index is 13.3. The molecular weight excluding hydrogens is 301 g/mol. The largest absolute Gasteiger partial charge is 0.378 e. The number of hydrogen-bond donors (Lipinski definition) is 1. The predicted molar refractivity (Wildman–Crippen MR) is 95.5 cm³/mol. The number of halogens is 1. The highest BCUT2D eigenvalue weighted by Crippen LogP contribution is 2.37. The van der Waals surface area contributed by atoms with Crippen molar-refractivity contribution in [3.8, 4) is 0 Å². The second-order valence-electron chi connectivity index (χ2n) is 6.88. The van der Waals surface area contributed by atoms with Crippen molar-refractivity contribution < 1.29 is 9.18 Å². The molecule has 126 valence electrons. The molecule has 3 rings (SSSR count). The molecule has 0 bridgehead atoms. The fourth-order valence-electron chi connectivity index (χ4n) is 3.54. The monoisotopic (exact) mass is 325 g/mol. The van der Waals surface area contributed by atoms with Crippen molar-refractivity contribution in [1.29, 1.82) is 0 Å². The van der Waals surface area contributed by atoms with Gasteiger partial charge in [-0.3, -0.25) is 4.79 Å². The number of nitrogens with one attached hydrogen (secondary N) is 1. The Labute approximate surface area is 143 Å². The Morgan fingerprint density at radius 3 is 2.38 bits per heavy atom. The van der Waals surface area contributed by atoms with Gasteiger partial charge in [-0.25, -0.2) is 4.39 Å². The summed E-state index contributed by atoms with van der Waals surface area (Å²) in [4.78, 5) is 12.7. The van der Waals surface area contributed by atoms with E-state index in [9.17, 15) is 9.18 Å². The standard InChI is InChI=1S/C21H24FNO/c1-14-6-12-18(13-7-14)23-20(16-8-10-17(22)11-9-16)19-5-3-4-15(2)21(19)24/h6-13,15,19-20,23H,3-5H2,1-2H3/t15-,19+,20+/m0/s1. The third-order valence-electron chi connectivity index (χ3n) is 5.01. The number of hydrogen-bond acceptors (Lipinski definition) is 2. The molecule has 0 aromatic heterocycles. The van der Waals surface area contributed by atoms with Crippen LogP contribution < -0.4 is 5.32 Å². The molecule has 3 atom stereocenters. The molecule has 2 nitrogen and oxygen atoms in total. The van der Waals surface area contributed by atoms with E-state index in [2.05, 4.69) is 17.4 Å². The summed E-state index contributed by atoms with van der Waals surface area (Å²) in [6.45, 7) is 4.07. The van der Waals surface area contributed by atoms with Crippen LogP contribution in [-0.2, 0) is 4.79 Å². The number of carbonyl (C=O) groups excluding carboxylic acids is 1. The van der Waals surface area contributed by atoms with E-state index in [4.69, 9.17) is 0 Å². The van der Waals surface area contributed by atoms with Gasteiger partial charge in [-0.1, -0.05) is 43.2 Å². The zero-order valence-electron chi connectivity index (χ0n) is 14.3. The summed E-state index contributed by atoms with van der Waals surface area (Å²) in [5.74, 6) is 0.0957. The molecule has 1 aliphatic rings. The molecule has 1 N–H and O–H groups in total. The van der Waals surface area contributed by atoms with Crippen molar-refractivity contribution in [3.05, 3.63) is 65.5 Å². The molecule has 1 fully saturated rings. The average molecular weight is 325 g/mol. The van der Waals surface area contributed by atoms with Crippen LogP contribution in [0.3, 0.4) is 0 Å². The Balaban J connectivity index is 1.92. The maximum atomic E-state index is 13.3. The molecule has 0 saturated heterocycles. The fourth-order valence-corrected chi connectivity index (χ4v) is 3.54. The van der Waals surface area contributed by atoms with Crippen molar-refractivity contribution >= 4 is 11.5 Å². The van der Waals surface area contributed by atoms with Crippen LogP contribution in [0.2, 0.25) is 0 Å². The Bertz CT molecular complexity index is 693. The molecule has 2 aromatic carbocycles. The molecule has 1 aliphatic carbocycles. The SMILES string of the molecule is Cc1ccc(N[C@H](c2ccc(F)cc2)[C@H]2CCC[C@H](C)C2=O)cc1. The first-order valence-corrected chi connectivity index (χ1v) is 8.67. The lowest BCUT2D eigenvalue weighted by molar-refractivity contribution is -0.129. The summed E-state index contributed by atoms with van der Waals surface area (Å²) in [7, 11) is 0. The molecule has 0 amide bonds. The topological polar surface area (TPSA) is 29.1 Å². The van der Waals surface area contributed by atoms with Crippen LogP contribution >= 0.6 is 0 Å². The number of ketones is 1. The lowest BCUT2D eigenvalue weighted by Crippen LogP contribution is -2.34. The minimum atomic E-state index is -0.254. The fraction of sp³-hybridized carbons (Fsp3) is 0.381. The summed E-state index contributed by atoms with van der Waals surface area (Å²) in [6.07, 6.45) is 2.91. The normalized spacial score (nSPS) is 22.2. The summed E-state index contributed by atoms with van der Waals surface area (Å²) in [5, 5.41) is 3.52. The second-order valence-corrected chi connectivity index (χ2v) is 6.88. The zero-order valence-corrected chi connectivity index (χ0v) is 14.3. The Morgan fingerprint density at radius 2 is 1.71 bits per heavy atom. The van der Waals surface area contributed by atoms with Crippen molar-refractivity contribution in [3.63, 3.8) is 0 Å². The smallest absolute Gasteiger partial charge is 0.141 e. The number of rotatable bonds is 4. The highest BCUT2D eigenvalue weighted by Gasteiger charge is 2.35. The minimum Gasteiger partial charge on any atom is -0.378 e. The van der Waals surface area contributed by atoms with Gasteiger partial charge in [-0.2, -0.15) is 0 Å². The molecule has 0 unspecified atom stereocenters. The van der Waals surface area contributed by atoms with Gasteiger partial charge in [0.05, 0.1) is 6.04 Å². The van der Waals surface area contributed by atoms with Crippen LogP contribution in [0, 0.1) is 24.6 Å². The number of carbonyl (C=O) groups is 1. The number of aryl methyl sites for hydroxylation is 1. The van der Waals surface area contributed by atoms with Crippen molar-refractivity contribution in [1.82, 2.24) is 0 Å². The van der Waals surface area contributed by atoms with E-state index in [0.29, 0.717) is 5.78 Å². The van der Waals surface area contributed by atoms with Crippen LogP contribution in [0.25, 0.3) is 0 Å². The summed E-state index contributed by atoms with van der Waals surface area (Å²) in [5.41, 5.74) is 3.15. The van der Waals surface area contributed by atoms with Crippen molar-refractivity contribution in [2.75, 3.05) is 5.32 Å². The highest BCUT2D eigenvalue weighted by molar-refractivity contribution is 5.85. The molecule has 1 saturated carbocycles. The van der Waals surface area contributed by atoms with Crippen LogP contribution in [0.1, 0.15) is 43.4 Å². The van der Waals surface area contributed by atoms with E-state index >= 15 is 0 Å². The summed E-state index contributed by atoms with van der Waals surface area (Å²) in [6, 6.07) is 14.5. The number of Topliss-reactive ketones (excluding diaryl/α,β-unsaturated/α-hetero) is 1. The van der Waals surface area contributed by atoms with E-state index in [1.165, 1.54) is 17.7 Å². The lowest BCUT2D eigenvalue weighted by Gasteiger charge is -2.33. The van der Waals surface area contributed by atoms with Gasteiger partial charge in [0.25, 0.3) is 0 Å². The minimum absolute atomic E-state index is 0.0690. The van der Waals surface area contributed by atoms with Gasteiger partial charge < -0.3 is 5.32 Å². The Morgan fingerprint density at radius 1 is 1.04 bits per heavy atom. The molecule has 0 heterocycles. The van der Waals surface area contributed by atoms with E-state index < -0.39 is 0 Å². The van der Waals surface area contributed by atoms with Gasteiger partial charge in [-0.05, 0) is 49.6 Å². The molecular formula is C21H24FNO. The molecule has 0 aliphatic heterocycles. The molecule has 2 aromatic rings. The lowest BCUT2D eigenvalue weighted by atomic mass is 9.75. The van der Waals surface area contributed by atoms with Crippen LogP contribution in [0.4, 0.5) is 10.1 Å². The first kappa shape index (κ1) is 16.7. The number of anilines is 1. The van der Waals surface area contributed by atoms with E-state index in [1.807, 2.05) is 26.0 Å². The maximum Gasteiger partial charge on any atom is 0.141 e. The van der Waals surface area contributed by atoms with Gasteiger partial charge in [0.15, 0.2) is 0 Å². The van der Waals surface area contributed by atoms with Gasteiger partial charge in [0.2, 0.25) is 0 Å². The van der Waals surface area contributed by atoms with Crippen molar-refractivity contribution in [2.24, 2.45) is 11.8 Å². The molecule has 3 heteroatoms. The third-order valence-corrected chi connectivity index (χ3v) is 5.01. The molecule has 0 spiro atoms. The summed E-state index contributed by atoms with van der Waals surface area (Å²) >= 11 is 0. The molecule has 24 heavy (non-hydrogen) atoms. The highest BCUT2D eigenvalue weighted by atomic mass is 19.1. The van der Waals surface area contributed by atoms with Crippen molar-refractivity contribution in [2.45, 2.75) is 39.2 Å². The first-order valence-electron chi connectivity index (χ1n) is 8.67. The van der Waals surface area contributed by atoms with E-state index in [1.54, 1.807) is 12.1 Å². The van der Waals surface area contributed by atoms with Gasteiger partial charge in [0.1, 0.15) is 11.6 Å². The quantitative estimate of drug-likeness (QED) is 0.827. The summed E-state index contributed by atoms with van der Waals surface area (Å²) < 4.78 is 13.3. The van der Waals surface area contributed by atoms with Crippen LogP contribution in [0.5, 0.6) is 0 Å². The van der Waals surface area contributed by atoms with Gasteiger partial charge in [0, 0.05) is 17.5 Å². The second kappa shape index (κ2) is 7.16. The Hall–Kier alpha value is -2.16. The van der Waals surface area contributed by atoms with Crippen LogP contribution in [-0.4, -0.2) is 5.78 Å². The third kappa shape index (κ3) is 3.66. The van der Waals surface area contributed by atoms with Gasteiger partial charge in [-0.15, -0.1) is 0 Å².